The van der Waals surface area contributed by atoms with Crippen molar-refractivity contribution in [2.45, 2.75) is 19.4 Å². The molecule has 0 amide bonds. The molecule has 0 aliphatic carbocycles. The van der Waals surface area contributed by atoms with Crippen molar-refractivity contribution in [2.75, 3.05) is 11.4 Å². The molecule has 0 fully saturated rings. The molecule has 0 N–H and O–H groups in total. The van der Waals surface area contributed by atoms with Crippen molar-refractivity contribution in [1.82, 2.24) is 0 Å². The first-order valence-corrected chi connectivity index (χ1v) is 7.62. The second-order valence-corrected chi connectivity index (χ2v) is 5.92. The maximum absolute atomic E-state index is 12.0. The monoisotopic (exact) mass is 302 g/mol. The number of benzene rings is 1. The number of hydrogen-bond donors (Lipinski definition) is 0. The average molecular weight is 302 g/mol. The summed E-state index contributed by atoms with van der Waals surface area (Å²) in [5, 5.41) is 12.6. The highest BCUT2D eigenvalue weighted by atomic mass is 32.1. The quantitative estimate of drug-likeness (QED) is 0.641. The standard InChI is InChI=1S/C15H14N2O3S/c18-14-2-1-8-16(13-7-9-21-15(13)14)10-11-3-5-12(6-4-11)17(19)20/h3-7,9H,1-2,8,10H2. The van der Waals surface area contributed by atoms with Crippen LogP contribution in [0.2, 0.25) is 0 Å². The Labute approximate surface area is 126 Å². The Bertz CT molecular complexity index is 678. The molecule has 2 heterocycles. The molecule has 0 saturated heterocycles. The van der Waals surface area contributed by atoms with E-state index in [2.05, 4.69) is 4.90 Å². The Morgan fingerprint density at radius 3 is 2.71 bits per heavy atom. The fraction of sp³-hybridized carbons (Fsp3) is 0.267. The van der Waals surface area contributed by atoms with Gasteiger partial charge in [0.15, 0.2) is 5.78 Å². The molecule has 0 spiro atoms. The van der Waals surface area contributed by atoms with Gasteiger partial charge in [-0.15, -0.1) is 11.3 Å². The van der Waals surface area contributed by atoms with E-state index in [9.17, 15) is 14.9 Å². The summed E-state index contributed by atoms with van der Waals surface area (Å²) in [5.41, 5.74) is 2.09. The molecule has 1 aliphatic heterocycles. The molecule has 0 bridgehead atoms. The Kier molecular flexibility index (Phi) is 3.70. The van der Waals surface area contributed by atoms with Crippen LogP contribution in [0.25, 0.3) is 0 Å². The number of fused-ring (bicyclic) bond motifs is 1. The predicted molar refractivity (Wildman–Crippen MR) is 82.0 cm³/mol. The highest BCUT2D eigenvalue weighted by Crippen LogP contribution is 2.32. The summed E-state index contributed by atoms with van der Waals surface area (Å²) >= 11 is 1.49. The number of carbonyl (C=O) groups excluding carboxylic acids is 1. The summed E-state index contributed by atoms with van der Waals surface area (Å²) < 4.78 is 0. The van der Waals surface area contributed by atoms with Crippen molar-refractivity contribution < 1.29 is 9.72 Å². The van der Waals surface area contributed by atoms with E-state index in [1.165, 1.54) is 23.5 Å². The highest BCUT2D eigenvalue weighted by molar-refractivity contribution is 7.12. The number of non-ortho nitro benzene ring substituents is 1. The van der Waals surface area contributed by atoms with E-state index in [0.29, 0.717) is 13.0 Å². The van der Waals surface area contributed by atoms with Crippen molar-refractivity contribution in [1.29, 1.82) is 0 Å². The third-order valence-corrected chi connectivity index (χ3v) is 4.54. The molecular formula is C15H14N2O3S. The zero-order valence-electron chi connectivity index (χ0n) is 11.3. The number of carbonyl (C=O) groups is 1. The predicted octanol–water partition coefficient (Wildman–Crippen LogP) is 3.64. The Hall–Kier alpha value is -2.21. The molecule has 0 unspecified atom stereocenters. The number of anilines is 1. The van der Waals surface area contributed by atoms with Crippen LogP contribution in [0, 0.1) is 10.1 Å². The average Bonchev–Trinajstić information content (AvgIpc) is 2.91. The van der Waals surface area contributed by atoms with Gasteiger partial charge in [0, 0.05) is 31.6 Å². The second kappa shape index (κ2) is 5.65. The number of nitro benzene ring substituents is 1. The summed E-state index contributed by atoms with van der Waals surface area (Å²) in [4.78, 5) is 25.3. The van der Waals surface area contributed by atoms with Crippen LogP contribution in [-0.2, 0) is 6.54 Å². The number of Topliss-reactive ketones (excluding diaryl/α,β-unsaturated/α-hetero) is 1. The number of rotatable bonds is 3. The highest BCUT2D eigenvalue weighted by Gasteiger charge is 2.22. The molecule has 1 aliphatic rings. The maximum Gasteiger partial charge on any atom is 0.269 e. The maximum atomic E-state index is 12.0. The van der Waals surface area contributed by atoms with E-state index in [1.807, 2.05) is 11.4 Å². The van der Waals surface area contributed by atoms with Crippen LogP contribution in [0.5, 0.6) is 0 Å². The summed E-state index contributed by atoms with van der Waals surface area (Å²) in [6.45, 7) is 1.49. The molecule has 0 saturated carbocycles. The van der Waals surface area contributed by atoms with Gasteiger partial charge in [0.1, 0.15) is 0 Å². The molecule has 6 heteroatoms. The first kappa shape index (κ1) is 13.8. The lowest BCUT2D eigenvalue weighted by Gasteiger charge is -2.22. The van der Waals surface area contributed by atoms with Gasteiger partial charge in [-0.3, -0.25) is 14.9 Å². The molecule has 21 heavy (non-hydrogen) atoms. The van der Waals surface area contributed by atoms with Gasteiger partial charge in [-0.05, 0) is 23.4 Å². The third kappa shape index (κ3) is 2.80. The minimum Gasteiger partial charge on any atom is -0.366 e. The SMILES string of the molecule is O=C1CCCN(Cc2ccc([N+](=O)[O-])cc2)c2ccsc21. The molecule has 1 aromatic carbocycles. The third-order valence-electron chi connectivity index (χ3n) is 3.59. The van der Waals surface area contributed by atoms with Gasteiger partial charge < -0.3 is 4.90 Å². The zero-order valence-corrected chi connectivity index (χ0v) is 12.1. The van der Waals surface area contributed by atoms with Crippen LogP contribution in [0.3, 0.4) is 0 Å². The van der Waals surface area contributed by atoms with Crippen LogP contribution in [0.1, 0.15) is 28.1 Å². The van der Waals surface area contributed by atoms with Crippen LogP contribution in [-0.4, -0.2) is 17.3 Å². The molecule has 3 rings (SSSR count). The fourth-order valence-electron chi connectivity index (χ4n) is 2.53. The molecule has 2 aromatic rings. The van der Waals surface area contributed by atoms with Crippen LogP contribution >= 0.6 is 11.3 Å². The van der Waals surface area contributed by atoms with Gasteiger partial charge in [-0.1, -0.05) is 12.1 Å². The minimum absolute atomic E-state index is 0.0982. The smallest absolute Gasteiger partial charge is 0.269 e. The lowest BCUT2D eigenvalue weighted by Crippen LogP contribution is -2.22. The fourth-order valence-corrected chi connectivity index (χ4v) is 3.42. The van der Waals surface area contributed by atoms with Crippen molar-refractivity contribution in [3.05, 3.63) is 56.3 Å². The summed E-state index contributed by atoms with van der Waals surface area (Å²) in [5.74, 6) is 0.214. The summed E-state index contributed by atoms with van der Waals surface area (Å²) in [6, 6.07) is 8.57. The van der Waals surface area contributed by atoms with E-state index in [1.54, 1.807) is 12.1 Å². The van der Waals surface area contributed by atoms with E-state index in [0.717, 1.165) is 29.1 Å². The number of ketones is 1. The number of hydrogen-bond acceptors (Lipinski definition) is 5. The minimum atomic E-state index is -0.397. The van der Waals surface area contributed by atoms with Gasteiger partial charge in [0.2, 0.25) is 0 Å². The molecule has 0 atom stereocenters. The Balaban J connectivity index is 1.83. The lowest BCUT2D eigenvalue weighted by molar-refractivity contribution is -0.384. The number of thiophene rings is 1. The van der Waals surface area contributed by atoms with E-state index >= 15 is 0 Å². The lowest BCUT2D eigenvalue weighted by atomic mass is 10.2. The molecule has 0 radical (unpaired) electrons. The molecular weight excluding hydrogens is 288 g/mol. The molecule has 5 nitrogen and oxygen atoms in total. The van der Waals surface area contributed by atoms with E-state index in [4.69, 9.17) is 0 Å². The van der Waals surface area contributed by atoms with Gasteiger partial charge in [0.05, 0.1) is 15.5 Å². The van der Waals surface area contributed by atoms with Crippen LogP contribution < -0.4 is 4.90 Å². The van der Waals surface area contributed by atoms with Gasteiger partial charge in [-0.25, -0.2) is 0 Å². The van der Waals surface area contributed by atoms with Crippen molar-refractivity contribution in [2.24, 2.45) is 0 Å². The van der Waals surface area contributed by atoms with Crippen molar-refractivity contribution in [3.8, 4) is 0 Å². The molecule has 1 aromatic heterocycles. The largest absolute Gasteiger partial charge is 0.366 e. The number of nitrogens with zero attached hydrogens (tertiary/aromatic N) is 2. The summed E-state index contributed by atoms with van der Waals surface area (Å²) in [7, 11) is 0. The van der Waals surface area contributed by atoms with Gasteiger partial charge in [-0.2, -0.15) is 0 Å². The van der Waals surface area contributed by atoms with E-state index in [-0.39, 0.29) is 11.5 Å². The van der Waals surface area contributed by atoms with Crippen LogP contribution in [0.4, 0.5) is 11.4 Å². The van der Waals surface area contributed by atoms with Crippen molar-refractivity contribution in [3.63, 3.8) is 0 Å². The second-order valence-electron chi connectivity index (χ2n) is 5.01. The van der Waals surface area contributed by atoms with E-state index < -0.39 is 4.92 Å². The topological polar surface area (TPSA) is 63.5 Å². The molecule has 108 valence electrons. The van der Waals surface area contributed by atoms with Gasteiger partial charge >= 0.3 is 0 Å². The van der Waals surface area contributed by atoms with Crippen molar-refractivity contribution >= 4 is 28.5 Å². The van der Waals surface area contributed by atoms with Gasteiger partial charge in [0.25, 0.3) is 5.69 Å². The normalized spacial score (nSPS) is 14.7. The summed E-state index contributed by atoms with van der Waals surface area (Å²) in [6.07, 6.45) is 1.43. The first-order chi connectivity index (χ1) is 10.1. The number of nitro groups is 1. The Morgan fingerprint density at radius 2 is 2.00 bits per heavy atom. The zero-order chi connectivity index (χ0) is 14.8. The Morgan fingerprint density at radius 1 is 1.24 bits per heavy atom. The van der Waals surface area contributed by atoms with Crippen LogP contribution in [0.15, 0.2) is 35.7 Å². The first-order valence-electron chi connectivity index (χ1n) is 6.74.